The molecule has 1 aliphatic carbocycles. The fourth-order valence-electron chi connectivity index (χ4n) is 7.99. The SMILES string of the molecule is CCCNC(=O)[C@@H](NC(=O)[C@@H]1CCCN1C(=O)[C@H](CC(=O)O)NC(=O)[C@@H]1CCCCN1C(=O)[C@H](CCCCN)NC(=O)C[C@H](C)C1CCCCC1)C(C)O. The van der Waals surface area contributed by atoms with Crippen LogP contribution in [0, 0.1) is 11.8 Å². The molecule has 1 saturated carbocycles. The molecule has 8 N–H and O–H groups in total. The van der Waals surface area contributed by atoms with E-state index in [0.717, 1.165) is 25.7 Å². The van der Waals surface area contributed by atoms with Gasteiger partial charge in [-0.2, -0.15) is 0 Å². The molecule has 0 spiro atoms. The molecule has 0 aromatic carbocycles. The fraction of sp³-hybridized carbons (Fsp3) is 0.816. The Morgan fingerprint density at radius 3 is 1.94 bits per heavy atom. The van der Waals surface area contributed by atoms with E-state index in [1.165, 1.54) is 23.1 Å². The van der Waals surface area contributed by atoms with E-state index in [1.807, 2.05) is 6.92 Å². The van der Waals surface area contributed by atoms with Crippen molar-refractivity contribution in [1.29, 1.82) is 0 Å². The molecule has 3 aliphatic rings. The number of hydrogen-bond acceptors (Lipinski definition) is 9. The van der Waals surface area contributed by atoms with Gasteiger partial charge >= 0.3 is 5.97 Å². The first-order valence-electron chi connectivity index (χ1n) is 20.2. The number of carboxylic acid groups (broad SMARTS) is 1. The van der Waals surface area contributed by atoms with E-state index in [4.69, 9.17) is 5.73 Å². The van der Waals surface area contributed by atoms with Crippen LogP contribution in [0.25, 0.3) is 0 Å². The van der Waals surface area contributed by atoms with Gasteiger partial charge in [-0.1, -0.05) is 46.0 Å². The highest BCUT2D eigenvalue weighted by atomic mass is 16.4. The van der Waals surface area contributed by atoms with Gasteiger partial charge in [-0.15, -0.1) is 0 Å². The number of nitrogens with one attached hydrogen (secondary N) is 4. The summed E-state index contributed by atoms with van der Waals surface area (Å²) in [6.45, 7) is 6.43. The Labute approximate surface area is 319 Å². The molecule has 3 fully saturated rings. The summed E-state index contributed by atoms with van der Waals surface area (Å²) in [6.07, 6.45) is 8.45. The fourth-order valence-corrected chi connectivity index (χ4v) is 7.99. The Morgan fingerprint density at radius 1 is 0.741 bits per heavy atom. The third-order valence-corrected chi connectivity index (χ3v) is 11.1. The largest absolute Gasteiger partial charge is 0.481 e. The number of amides is 6. The second-order valence-corrected chi connectivity index (χ2v) is 15.4. The van der Waals surface area contributed by atoms with Crippen LogP contribution in [0.15, 0.2) is 0 Å². The van der Waals surface area contributed by atoms with Gasteiger partial charge in [0.2, 0.25) is 35.4 Å². The van der Waals surface area contributed by atoms with Crippen LogP contribution in [0.5, 0.6) is 0 Å². The molecule has 2 heterocycles. The topological polar surface area (TPSA) is 241 Å². The molecule has 3 rings (SSSR count). The van der Waals surface area contributed by atoms with E-state index >= 15 is 0 Å². The summed E-state index contributed by atoms with van der Waals surface area (Å²) in [5.41, 5.74) is 5.72. The first-order chi connectivity index (χ1) is 25.8. The van der Waals surface area contributed by atoms with Crippen LogP contribution in [-0.4, -0.2) is 124 Å². The van der Waals surface area contributed by atoms with Crippen molar-refractivity contribution in [3.05, 3.63) is 0 Å². The van der Waals surface area contributed by atoms with E-state index in [-0.39, 0.29) is 37.8 Å². The van der Waals surface area contributed by atoms with Gasteiger partial charge in [0, 0.05) is 26.1 Å². The van der Waals surface area contributed by atoms with Gasteiger partial charge in [-0.25, -0.2) is 0 Å². The standard InChI is InChI=1S/C38H65N7O9/c1-4-19-40-36(52)33(25(3)46)43-35(51)30-17-12-21-45(30)38(54)28(23-32(48)49)42-34(50)29-16-9-11-20-44(29)37(53)27(15-8-10-18-39)41-31(47)22-24(2)26-13-6-5-7-14-26/h24-30,33,46H,4-23,39H2,1-3H3,(H,40,52)(H,41,47)(H,42,50)(H,43,51)(H,48,49)/t24-,25?,27-,28-,29-,30-,33-/m0/s1. The molecule has 54 heavy (non-hydrogen) atoms. The van der Waals surface area contributed by atoms with Gasteiger partial charge in [-0.05, 0) is 83.1 Å². The van der Waals surface area contributed by atoms with Gasteiger partial charge in [0.1, 0.15) is 30.2 Å². The Morgan fingerprint density at radius 2 is 1.33 bits per heavy atom. The van der Waals surface area contributed by atoms with E-state index < -0.39 is 78.2 Å². The molecule has 16 nitrogen and oxygen atoms in total. The van der Waals surface area contributed by atoms with Crippen LogP contribution in [-0.2, 0) is 33.6 Å². The first kappa shape index (κ1) is 44.6. The number of nitrogens with two attached hydrogens (primary N) is 1. The second kappa shape index (κ2) is 22.6. The maximum absolute atomic E-state index is 14.1. The molecular weight excluding hydrogens is 698 g/mol. The molecule has 2 aliphatic heterocycles. The monoisotopic (exact) mass is 763 g/mol. The highest BCUT2D eigenvalue weighted by Crippen LogP contribution is 2.31. The number of likely N-dealkylation sites (tertiary alicyclic amines) is 2. The molecule has 0 aromatic heterocycles. The zero-order valence-corrected chi connectivity index (χ0v) is 32.5. The zero-order chi connectivity index (χ0) is 39.8. The van der Waals surface area contributed by atoms with E-state index in [9.17, 15) is 43.8 Å². The molecule has 16 heteroatoms. The van der Waals surface area contributed by atoms with E-state index in [1.54, 1.807) is 0 Å². The summed E-state index contributed by atoms with van der Waals surface area (Å²) in [4.78, 5) is 95.8. The number of carboxylic acids is 1. The van der Waals surface area contributed by atoms with Crippen molar-refractivity contribution in [3.63, 3.8) is 0 Å². The number of aliphatic carboxylic acids is 1. The van der Waals surface area contributed by atoms with Gasteiger partial charge in [0.15, 0.2) is 0 Å². The van der Waals surface area contributed by atoms with Crippen LogP contribution >= 0.6 is 0 Å². The zero-order valence-electron chi connectivity index (χ0n) is 32.5. The predicted octanol–water partition coefficient (Wildman–Crippen LogP) is 0.930. The lowest BCUT2D eigenvalue weighted by molar-refractivity contribution is -0.149. The van der Waals surface area contributed by atoms with Crippen molar-refractivity contribution < 1.29 is 43.8 Å². The summed E-state index contributed by atoms with van der Waals surface area (Å²) >= 11 is 0. The predicted molar refractivity (Wildman–Crippen MR) is 200 cm³/mol. The van der Waals surface area contributed by atoms with Crippen molar-refractivity contribution in [2.75, 3.05) is 26.2 Å². The maximum atomic E-state index is 14.1. The quantitative estimate of drug-likeness (QED) is 0.0866. The average Bonchev–Trinajstić information content (AvgIpc) is 3.65. The number of nitrogens with zero attached hydrogens (tertiary/aromatic N) is 2. The lowest BCUT2D eigenvalue weighted by atomic mass is 9.79. The molecule has 6 amide bonds. The van der Waals surface area contributed by atoms with Crippen molar-refractivity contribution in [2.45, 2.75) is 160 Å². The van der Waals surface area contributed by atoms with E-state index in [0.29, 0.717) is 70.4 Å². The molecule has 306 valence electrons. The van der Waals surface area contributed by atoms with Crippen molar-refractivity contribution >= 4 is 41.4 Å². The summed E-state index contributed by atoms with van der Waals surface area (Å²) in [7, 11) is 0. The molecule has 7 atom stereocenters. The third-order valence-electron chi connectivity index (χ3n) is 11.1. The van der Waals surface area contributed by atoms with Crippen molar-refractivity contribution in [3.8, 4) is 0 Å². The van der Waals surface area contributed by atoms with Crippen LogP contribution in [0.2, 0.25) is 0 Å². The minimum Gasteiger partial charge on any atom is -0.481 e. The van der Waals surface area contributed by atoms with Crippen LogP contribution in [0.3, 0.4) is 0 Å². The summed E-state index contributed by atoms with van der Waals surface area (Å²) in [5, 5.41) is 30.7. The Kier molecular flexibility index (Phi) is 18.6. The highest BCUT2D eigenvalue weighted by molar-refractivity contribution is 5.98. The number of unbranched alkanes of at least 4 members (excludes halogenated alkanes) is 1. The molecule has 0 radical (unpaired) electrons. The van der Waals surface area contributed by atoms with Gasteiger partial charge in [-0.3, -0.25) is 33.6 Å². The Hall–Kier alpha value is -3.79. The van der Waals surface area contributed by atoms with Gasteiger partial charge < -0.3 is 47.0 Å². The van der Waals surface area contributed by atoms with Crippen molar-refractivity contribution in [2.24, 2.45) is 17.6 Å². The van der Waals surface area contributed by atoms with Gasteiger partial charge in [0.25, 0.3) is 0 Å². The van der Waals surface area contributed by atoms with E-state index in [2.05, 4.69) is 28.2 Å². The molecular formula is C38H65N7O9. The number of piperidine rings is 1. The number of carbonyl (C=O) groups excluding carboxylic acids is 6. The molecule has 2 saturated heterocycles. The summed E-state index contributed by atoms with van der Waals surface area (Å²) in [5.74, 6) is -4.05. The average molecular weight is 764 g/mol. The maximum Gasteiger partial charge on any atom is 0.305 e. The van der Waals surface area contributed by atoms with Crippen molar-refractivity contribution in [1.82, 2.24) is 31.1 Å². The summed E-state index contributed by atoms with van der Waals surface area (Å²) < 4.78 is 0. The van der Waals surface area contributed by atoms with Crippen LogP contribution in [0.1, 0.15) is 124 Å². The lowest BCUT2D eigenvalue weighted by Gasteiger charge is -2.38. The minimum absolute atomic E-state index is 0.113. The van der Waals surface area contributed by atoms with Gasteiger partial charge in [0.05, 0.1) is 12.5 Å². The minimum atomic E-state index is -1.54. The molecule has 0 aromatic rings. The second-order valence-electron chi connectivity index (χ2n) is 15.4. The smallest absolute Gasteiger partial charge is 0.305 e. The Balaban J connectivity index is 1.74. The third kappa shape index (κ3) is 13.2. The number of aliphatic hydroxyl groups is 1. The molecule has 0 bridgehead atoms. The number of hydrogen-bond donors (Lipinski definition) is 7. The molecule has 1 unspecified atom stereocenters. The first-order valence-corrected chi connectivity index (χ1v) is 20.2. The highest BCUT2D eigenvalue weighted by Gasteiger charge is 2.42. The number of rotatable bonds is 20. The van der Waals surface area contributed by atoms with Crippen LogP contribution in [0.4, 0.5) is 0 Å². The Bertz CT molecular complexity index is 1290. The lowest BCUT2D eigenvalue weighted by Crippen LogP contribution is -2.61. The normalized spacial score (nSPS) is 21.9. The number of aliphatic hydroxyl groups excluding tert-OH is 1. The van der Waals surface area contributed by atoms with Crippen LogP contribution < -0.4 is 27.0 Å². The number of carbonyl (C=O) groups is 7. The summed E-state index contributed by atoms with van der Waals surface area (Å²) in [6, 6.07) is -5.74.